The number of H-pyrrole nitrogens is 1. The van der Waals surface area contributed by atoms with Gasteiger partial charge in [-0.1, -0.05) is 6.07 Å². The standard InChI is InChI=1S/C16H19N7O/c1-9-8-24-5-4-23(9)14-7-12(19-16(18)20-14)10-2-3-11-13(6-10)21-22-15(11)17/h2-3,6-7,9H,4-5,8H2,1H3,(H3,17,21,22)(H2,18,19,20). The van der Waals surface area contributed by atoms with E-state index >= 15 is 0 Å². The minimum atomic E-state index is 0.246. The highest BCUT2D eigenvalue weighted by molar-refractivity contribution is 5.91. The molecule has 1 aliphatic heterocycles. The van der Waals surface area contributed by atoms with Crippen LogP contribution in [0.25, 0.3) is 22.2 Å². The molecule has 1 atom stereocenters. The van der Waals surface area contributed by atoms with Gasteiger partial charge in [0, 0.05) is 23.6 Å². The third-order valence-electron chi connectivity index (χ3n) is 4.28. The fourth-order valence-electron chi connectivity index (χ4n) is 3.02. The smallest absolute Gasteiger partial charge is 0.222 e. The number of rotatable bonds is 2. The van der Waals surface area contributed by atoms with Gasteiger partial charge >= 0.3 is 0 Å². The van der Waals surface area contributed by atoms with E-state index in [0.717, 1.165) is 34.5 Å². The summed E-state index contributed by atoms with van der Waals surface area (Å²) in [6.45, 7) is 4.26. The molecule has 2 aromatic heterocycles. The Morgan fingerprint density at radius 1 is 1.25 bits per heavy atom. The van der Waals surface area contributed by atoms with Crippen LogP contribution in [-0.2, 0) is 4.74 Å². The second-order valence-electron chi connectivity index (χ2n) is 5.96. The summed E-state index contributed by atoms with van der Waals surface area (Å²) >= 11 is 0. The summed E-state index contributed by atoms with van der Waals surface area (Å²) in [5.41, 5.74) is 14.3. The molecule has 1 fully saturated rings. The summed E-state index contributed by atoms with van der Waals surface area (Å²) in [4.78, 5) is 11.0. The first-order valence-corrected chi connectivity index (χ1v) is 7.85. The van der Waals surface area contributed by atoms with E-state index in [-0.39, 0.29) is 12.0 Å². The van der Waals surface area contributed by atoms with Gasteiger partial charge in [0.15, 0.2) is 5.82 Å². The first-order valence-electron chi connectivity index (χ1n) is 7.85. The molecule has 0 bridgehead atoms. The van der Waals surface area contributed by atoms with Gasteiger partial charge in [0.05, 0.1) is 30.5 Å². The number of hydrogen-bond donors (Lipinski definition) is 3. The third kappa shape index (κ3) is 2.50. The molecule has 8 heteroatoms. The lowest BCUT2D eigenvalue weighted by Gasteiger charge is -2.34. The number of morpholine rings is 1. The van der Waals surface area contributed by atoms with Gasteiger partial charge in [0.1, 0.15) is 5.82 Å². The van der Waals surface area contributed by atoms with Crippen molar-refractivity contribution in [3.05, 3.63) is 24.3 Å². The quantitative estimate of drug-likeness (QED) is 0.651. The van der Waals surface area contributed by atoms with E-state index in [9.17, 15) is 0 Å². The van der Waals surface area contributed by atoms with Crippen LogP contribution in [0.4, 0.5) is 17.6 Å². The van der Waals surface area contributed by atoms with Crippen LogP contribution in [0.15, 0.2) is 24.3 Å². The Morgan fingerprint density at radius 3 is 2.96 bits per heavy atom. The number of nitrogens with two attached hydrogens (primary N) is 2. The monoisotopic (exact) mass is 325 g/mol. The maximum Gasteiger partial charge on any atom is 0.222 e. The molecule has 3 aromatic rings. The fourth-order valence-corrected chi connectivity index (χ4v) is 3.02. The highest BCUT2D eigenvalue weighted by Gasteiger charge is 2.21. The van der Waals surface area contributed by atoms with Crippen LogP contribution in [0.3, 0.4) is 0 Å². The van der Waals surface area contributed by atoms with Gasteiger partial charge in [-0.15, -0.1) is 0 Å². The van der Waals surface area contributed by atoms with Crippen LogP contribution < -0.4 is 16.4 Å². The summed E-state index contributed by atoms with van der Waals surface area (Å²) in [5.74, 6) is 1.56. The van der Waals surface area contributed by atoms with Crippen molar-refractivity contribution in [2.75, 3.05) is 36.1 Å². The van der Waals surface area contributed by atoms with Gasteiger partial charge < -0.3 is 21.1 Å². The van der Waals surface area contributed by atoms with E-state index < -0.39 is 0 Å². The lowest BCUT2D eigenvalue weighted by Crippen LogP contribution is -2.44. The second kappa shape index (κ2) is 5.64. The average Bonchev–Trinajstić information content (AvgIpc) is 2.95. The molecule has 4 rings (SSSR count). The van der Waals surface area contributed by atoms with Gasteiger partial charge in [-0.3, -0.25) is 5.10 Å². The third-order valence-corrected chi connectivity index (χ3v) is 4.28. The summed E-state index contributed by atoms with van der Waals surface area (Å²) in [6, 6.07) is 8.06. The number of anilines is 3. The Kier molecular flexibility index (Phi) is 3.46. The highest BCUT2D eigenvalue weighted by Crippen LogP contribution is 2.28. The number of aromatic amines is 1. The zero-order chi connectivity index (χ0) is 16.7. The van der Waals surface area contributed by atoms with Crippen molar-refractivity contribution in [3.63, 3.8) is 0 Å². The van der Waals surface area contributed by atoms with Crippen LogP contribution >= 0.6 is 0 Å². The number of benzene rings is 1. The summed E-state index contributed by atoms with van der Waals surface area (Å²) in [7, 11) is 0. The predicted molar refractivity (Wildman–Crippen MR) is 93.6 cm³/mol. The van der Waals surface area contributed by atoms with Crippen molar-refractivity contribution >= 4 is 28.5 Å². The van der Waals surface area contributed by atoms with Crippen molar-refractivity contribution in [3.8, 4) is 11.3 Å². The van der Waals surface area contributed by atoms with Crippen LogP contribution in [0, 0.1) is 0 Å². The fraction of sp³-hybridized carbons (Fsp3) is 0.312. The highest BCUT2D eigenvalue weighted by atomic mass is 16.5. The Balaban J connectivity index is 1.76. The molecular weight excluding hydrogens is 306 g/mol. The number of ether oxygens (including phenoxy) is 1. The first kappa shape index (κ1) is 14.7. The average molecular weight is 325 g/mol. The van der Waals surface area contributed by atoms with Crippen molar-refractivity contribution in [1.29, 1.82) is 0 Å². The van der Waals surface area contributed by atoms with E-state index in [4.69, 9.17) is 16.2 Å². The van der Waals surface area contributed by atoms with Gasteiger partial charge in [-0.25, -0.2) is 4.98 Å². The molecule has 124 valence electrons. The van der Waals surface area contributed by atoms with Crippen LogP contribution in [0.1, 0.15) is 6.92 Å². The lowest BCUT2D eigenvalue weighted by atomic mass is 10.1. The second-order valence-corrected chi connectivity index (χ2v) is 5.96. The molecule has 24 heavy (non-hydrogen) atoms. The Bertz CT molecular complexity index is 891. The summed E-state index contributed by atoms with van der Waals surface area (Å²) in [6.07, 6.45) is 0. The van der Waals surface area contributed by atoms with Gasteiger partial charge in [0.25, 0.3) is 0 Å². The maximum atomic E-state index is 5.95. The number of aromatic nitrogens is 4. The molecule has 5 N–H and O–H groups in total. The molecule has 1 aromatic carbocycles. The zero-order valence-electron chi connectivity index (χ0n) is 13.4. The number of fused-ring (bicyclic) bond motifs is 1. The van der Waals surface area contributed by atoms with Gasteiger partial charge in [0.2, 0.25) is 5.95 Å². The lowest BCUT2D eigenvalue weighted by molar-refractivity contribution is 0.0985. The number of nitrogen functional groups attached to an aromatic ring is 2. The Morgan fingerprint density at radius 2 is 2.12 bits per heavy atom. The van der Waals surface area contributed by atoms with Crippen LogP contribution in [-0.4, -0.2) is 46.0 Å². The Hall–Kier alpha value is -2.87. The molecule has 1 unspecified atom stereocenters. The largest absolute Gasteiger partial charge is 0.382 e. The maximum absolute atomic E-state index is 5.95. The Labute approximate surface area is 138 Å². The van der Waals surface area contributed by atoms with Gasteiger partial charge in [-0.2, -0.15) is 10.1 Å². The van der Waals surface area contributed by atoms with Crippen molar-refractivity contribution < 1.29 is 4.74 Å². The molecule has 0 saturated carbocycles. The van der Waals surface area contributed by atoms with E-state index in [1.165, 1.54) is 0 Å². The molecule has 0 spiro atoms. The molecule has 8 nitrogen and oxygen atoms in total. The van der Waals surface area contributed by atoms with E-state index in [2.05, 4.69) is 32.0 Å². The molecule has 0 amide bonds. The van der Waals surface area contributed by atoms with E-state index in [0.29, 0.717) is 19.0 Å². The first-order chi connectivity index (χ1) is 11.6. The van der Waals surface area contributed by atoms with E-state index in [1.807, 2.05) is 24.3 Å². The topological polar surface area (TPSA) is 119 Å². The summed E-state index contributed by atoms with van der Waals surface area (Å²) in [5, 5.41) is 7.83. The number of nitrogens with zero attached hydrogens (tertiary/aromatic N) is 4. The summed E-state index contributed by atoms with van der Waals surface area (Å²) < 4.78 is 5.49. The zero-order valence-corrected chi connectivity index (χ0v) is 13.4. The molecule has 1 aliphatic rings. The van der Waals surface area contributed by atoms with E-state index in [1.54, 1.807) is 0 Å². The molecule has 1 saturated heterocycles. The predicted octanol–water partition coefficient (Wildman–Crippen LogP) is 1.41. The molecule has 0 radical (unpaired) electrons. The van der Waals surface area contributed by atoms with Crippen LogP contribution in [0.5, 0.6) is 0 Å². The minimum absolute atomic E-state index is 0.246. The normalized spacial score (nSPS) is 18.2. The van der Waals surface area contributed by atoms with Crippen molar-refractivity contribution in [1.82, 2.24) is 20.2 Å². The van der Waals surface area contributed by atoms with Crippen LogP contribution in [0.2, 0.25) is 0 Å². The molecule has 3 heterocycles. The van der Waals surface area contributed by atoms with Gasteiger partial charge in [-0.05, 0) is 19.1 Å². The number of nitrogens with one attached hydrogen (secondary N) is 1. The molecular formula is C16H19N7O. The minimum Gasteiger partial charge on any atom is -0.382 e. The number of hydrogen-bond acceptors (Lipinski definition) is 7. The van der Waals surface area contributed by atoms with Crippen molar-refractivity contribution in [2.45, 2.75) is 13.0 Å². The van der Waals surface area contributed by atoms with Crippen molar-refractivity contribution in [2.24, 2.45) is 0 Å². The SMILES string of the molecule is CC1COCCN1c1cc(-c2ccc3c(N)n[nH]c3c2)nc(N)n1. The molecule has 0 aliphatic carbocycles.